The summed E-state index contributed by atoms with van der Waals surface area (Å²) in [6, 6.07) is 13.4. The molecule has 0 aliphatic carbocycles. The third-order valence-electron chi connectivity index (χ3n) is 3.86. The molecular formula is C21H20ClN3O. The van der Waals surface area contributed by atoms with E-state index in [1.54, 1.807) is 6.33 Å². The molecule has 0 spiro atoms. The van der Waals surface area contributed by atoms with Crippen LogP contribution in [-0.4, -0.2) is 9.97 Å². The maximum absolute atomic E-state index is 6.40. The summed E-state index contributed by atoms with van der Waals surface area (Å²) in [5.74, 6) is 2.11. The second kappa shape index (κ2) is 8.02. The lowest BCUT2D eigenvalue weighted by Crippen LogP contribution is -2.00. The van der Waals surface area contributed by atoms with Crippen LogP contribution in [0.2, 0.25) is 5.02 Å². The highest BCUT2D eigenvalue weighted by molar-refractivity contribution is 6.32. The fourth-order valence-corrected chi connectivity index (χ4v) is 2.74. The summed E-state index contributed by atoms with van der Waals surface area (Å²) in [5.41, 5.74) is 3.82. The summed E-state index contributed by atoms with van der Waals surface area (Å²) in [5, 5.41) is 3.81. The minimum absolute atomic E-state index is 0.525. The standard InChI is InChI=1S/C21H20ClN3O/c1-4-6-19-15(3)21(24-13-23-19)25-16-9-10-20(18(22)12-16)26-17-8-5-7-14(2)11-17/h4-13H,1-3H3,(H,23,24,25)/b6-4-. The van der Waals surface area contributed by atoms with Gasteiger partial charge in [-0.3, -0.25) is 0 Å². The molecule has 4 nitrogen and oxygen atoms in total. The number of nitrogens with zero attached hydrogens (tertiary/aromatic N) is 2. The summed E-state index contributed by atoms with van der Waals surface area (Å²) in [6.45, 7) is 5.96. The van der Waals surface area contributed by atoms with Crippen molar-refractivity contribution in [3.05, 3.63) is 76.7 Å². The molecule has 132 valence electrons. The number of benzene rings is 2. The fraction of sp³-hybridized carbons (Fsp3) is 0.143. The highest BCUT2D eigenvalue weighted by Gasteiger charge is 2.08. The summed E-state index contributed by atoms with van der Waals surface area (Å²) in [4.78, 5) is 8.59. The number of halogens is 1. The van der Waals surface area contributed by atoms with Gasteiger partial charge in [-0.15, -0.1) is 0 Å². The Kier molecular flexibility index (Phi) is 5.54. The zero-order chi connectivity index (χ0) is 18.5. The molecule has 2 aromatic carbocycles. The highest BCUT2D eigenvalue weighted by Crippen LogP contribution is 2.33. The monoisotopic (exact) mass is 365 g/mol. The van der Waals surface area contributed by atoms with Crippen molar-refractivity contribution in [2.24, 2.45) is 0 Å². The van der Waals surface area contributed by atoms with Crippen LogP contribution in [0.15, 0.2) is 54.9 Å². The molecule has 0 saturated carbocycles. The van der Waals surface area contributed by atoms with Crippen molar-refractivity contribution in [3.8, 4) is 11.5 Å². The summed E-state index contributed by atoms with van der Waals surface area (Å²) in [6.07, 6.45) is 5.45. The van der Waals surface area contributed by atoms with E-state index in [9.17, 15) is 0 Å². The van der Waals surface area contributed by atoms with Crippen molar-refractivity contribution in [1.29, 1.82) is 0 Å². The Bertz CT molecular complexity index is 954. The number of ether oxygens (including phenoxy) is 1. The number of nitrogens with one attached hydrogen (secondary N) is 1. The SMILES string of the molecule is C/C=C\c1ncnc(Nc2ccc(Oc3cccc(C)c3)c(Cl)c2)c1C. The van der Waals surface area contributed by atoms with Crippen LogP contribution in [0, 0.1) is 13.8 Å². The number of hydrogen-bond donors (Lipinski definition) is 1. The van der Waals surface area contributed by atoms with Gasteiger partial charge in [-0.05, 0) is 62.7 Å². The topological polar surface area (TPSA) is 47.0 Å². The molecule has 1 aromatic heterocycles. The predicted molar refractivity (Wildman–Crippen MR) is 107 cm³/mol. The van der Waals surface area contributed by atoms with E-state index in [0.29, 0.717) is 10.8 Å². The molecule has 3 aromatic rings. The van der Waals surface area contributed by atoms with Crippen LogP contribution in [0.5, 0.6) is 11.5 Å². The van der Waals surface area contributed by atoms with Crippen LogP contribution in [-0.2, 0) is 0 Å². The molecule has 0 radical (unpaired) electrons. The first-order valence-corrected chi connectivity index (χ1v) is 8.70. The number of rotatable bonds is 5. The third kappa shape index (κ3) is 4.21. The van der Waals surface area contributed by atoms with Gasteiger partial charge in [0, 0.05) is 11.3 Å². The predicted octanol–water partition coefficient (Wildman–Crippen LogP) is 6.32. The minimum Gasteiger partial charge on any atom is -0.456 e. The lowest BCUT2D eigenvalue weighted by atomic mass is 10.2. The molecular weight excluding hydrogens is 346 g/mol. The average Bonchev–Trinajstić information content (AvgIpc) is 2.61. The van der Waals surface area contributed by atoms with E-state index >= 15 is 0 Å². The molecule has 3 rings (SSSR count). The van der Waals surface area contributed by atoms with Crippen LogP contribution in [0.4, 0.5) is 11.5 Å². The van der Waals surface area contributed by atoms with E-state index in [4.69, 9.17) is 16.3 Å². The Morgan fingerprint density at radius 1 is 1.08 bits per heavy atom. The molecule has 1 heterocycles. The van der Waals surface area contributed by atoms with Crippen molar-refractivity contribution >= 4 is 29.2 Å². The van der Waals surface area contributed by atoms with E-state index in [2.05, 4.69) is 15.3 Å². The molecule has 0 atom stereocenters. The van der Waals surface area contributed by atoms with Crippen LogP contribution in [0.1, 0.15) is 23.7 Å². The van der Waals surface area contributed by atoms with Gasteiger partial charge in [-0.2, -0.15) is 0 Å². The zero-order valence-corrected chi connectivity index (χ0v) is 15.7. The van der Waals surface area contributed by atoms with Crippen LogP contribution >= 0.6 is 11.6 Å². The number of allylic oxidation sites excluding steroid dienone is 1. The quantitative estimate of drug-likeness (QED) is 0.575. The van der Waals surface area contributed by atoms with Gasteiger partial charge in [0.25, 0.3) is 0 Å². The lowest BCUT2D eigenvalue weighted by Gasteiger charge is -2.12. The second-order valence-corrected chi connectivity index (χ2v) is 6.33. The fourth-order valence-electron chi connectivity index (χ4n) is 2.52. The Morgan fingerprint density at radius 2 is 1.92 bits per heavy atom. The van der Waals surface area contributed by atoms with Gasteiger partial charge >= 0.3 is 0 Å². The Hall–Kier alpha value is -2.85. The first-order chi connectivity index (χ1) is 12.6. The normalized spacial score (nSPS) is 10.9. The van der Waals surface area contributed by atoms with Crippen molar-refractivity contribution in [2.75, 3.05) is 5.32 Å². The van der Waals surface area contributed by atoms with Crippen molar-refractivity contribution < 1.29 is 4.74 Å². The molecule has 5 heteroatoms. The van der Waals surface area contributed by atoms with Crippen molar-refractivity contribution in [1.82, 2.24) is 9.97 Å². The van der Waals surface area contributed by atoms with E-state index in [-0.39, 0.29) is 0 Å². The number of hydrogen-bond acceptors (Lipinski definition) is 4. The Labute approximate surface area is 158 Å². The molecule has 0 amide bonds. The lowest BCUT2D eigenvalue weighted by molar-refractivity contribution is 0.482. The van der Waals surface area contributed by atoms with Gasteiger partial charge in [0.1, 0.15) is 23.6 Å². The van der Waals surface area contributed by atoms with Gasteiger partial charge in [0.05, 0.1) is 10.7 Å². The number of aryl methyl sites for hydroxylation is 1. The van der Waals surface area contributed by atoms with E-state index < -0.39 is 0 Å². The summed E-state index contributed by atoms with van der Waals surface area (Å²) >= 11 is 6.40. The van der Waals surface area contributed by atoms with E-state index in [0.717, 1.165) is 34.1 Å². The maximum atomic E-state index is 6.40. The van der Waals surface area contributed by atoms with Gasteiger partial charge < -0.3 is 10.1 Å². The smallest absolute Gasteiger partial charge is 0.146 e. The zero-order valence-electron chi connectivity index (χ0n) is 15.0. The van der Waals surface area contributed by atoms with Gasteiger partial charge in [-0.1, -0.05) is 29.8 Å². The van der Waals surface area contributed by atoms with Crippen LogP contribution in [0.25, 0.3) is 6.08 Å². The van der Waals surface area contributed by atoms with Crippen LogP contribution < -0.4 is 10.1 Å². The molecule has 0 saturated heterocycles. The second-order valence-electron chi connectivity index (χ2n) is 5.92. The van der Waals surface area contributed by atoms with Gasteiger partial charge in [0.15, 0.2) is 0 Å². The molecule has 0 unspecified atom stereocenters. The molecule has 26 heavy (non-hydrogen) atoms. The molecule has 0 aliphatic rings. The van der Waals surface area contributed by atoms with Crippen LogP contribution in [0.3, 0.4) is 0 Å². The summed E-state index contributed by atoms with van der Waals surface area (Å²) < 4.78 is 5.88. The Morgan fingerprint density at radius 3 is 2.65 bits per heavy atom. The van der Waals surface area contributed by atoms with Gasteiger partial charge in [0.2, 0.25) is 0 Å². The maximum Gasteiger partial charge on any atom is 0.146 e. The first kappa shape index (κ1) is 18.0. The molecule has 0 bridgehead atoms. The Balaban J connectivity index is 1.81. The molecule has 0 fully saturated rings. The van der Waals surface area contributed by atoms with E-state index in [1.807, 2.05) is 75.4 Å². The number of aromatic nitrogens is 2. The van der Waals surface area contributed by atoms with Crippen molar-refractivity contribution in [2.45, 2.75) is 20.8 Å². The average molecular weight is 366 g/mol. The van der Waals surface area contributed by atoms with Crippen molar-refractivity contribution in [3.63, 3.8) is 0 Å². The molecule has 1 N–H and O–H groups in total. The third-order valence-corrected chi connectivity index (χ3v) is 4.15. The van der Waals surface area contributed by atoms with E-state index in [1.165, 1.54) is 0 Å². The summed E-state index contributed by atoms with van der Waals surface area (Å²) in [7, 11) is 0. The minimum atomic E-state index is 0.525. The molecule has 0 aliphatic heterocycles. The highest BCUT2D eigenvalue weighted by atomic mass is 35.5. The first-order valence-electron chi connectivity index (χ1n) is 8.32. The van der Waals surface area contributed by atoms with Gasteiger partial charge in [-0.25, -0.2) is 9.97 Å². The largest absolute Gasteiger partial charge is 0.456 e. The number of anilines is 2.